The Morgan fingerprint density at radius 2 is 2.18 bits per heavy atom. The quantitative estimate of drug-likeness (QED) is 0.817. The zero-order chi connectivity index (χ0) is 12.1. The highest BCUT2D eigenvalue weighted by atomic mass is 16.5. The van der Waals surface area contributed by atoms with Gasteiger partial charge in [0.25, 0.3) is 0 Å². The number of Topliss-reactive ketones (excluding diaryl/α,β-unsaturated/α-hetero) is 1. The topological polar surface area (TPSA) is 38.3 Å². The molecule has 0 spiro atoms. The summed E-state index contributed by atoms with van der Waals surface area (Å²) in [7, 11) is 0. The van der Waals surface area contributed by atoms with Gasteiger partial charge in [0.05, 0.1) is 0 Å². The van der Waals surface area contributed by atoms with E-state index in [1.807, 2.05) is 0 Å². The van der Waals surface area contributed by atoms with E-state index < -0.39 is 0 Å². The maximum absolute atomic E-state index is 12.5. The molecular weight excluding hydrogens is 214 g/mol. The van der Waals surface area contributed by atoms with Gasteiger partial charge in [0, 0.05) is 31.6 Å². The smallest absolute Gasteiger partial charge is 0.140 e. The number of ketones is 1. The van der Waals surface area contributed by atoms with Crippen molar-refractivity contribution < 1.29 is 9.53 Å². The number of nitrogens with one attached hydrogen (secondary N) is 1. The van der Waals surface area contributed by atoms with Gasteiger partial charge in [-0.2, -0.15) is 0 Å². The van der Waals surface area contributed by atoms with E-state index in [0.717, 1.165) is 64.8 Å². The lowest BCUT2D eigenvalue weighted by Crippen LogP contribution is -2.45. The Morgan fingerprint density at radius 3 is 2.76 bits per heavy atom. The normalized spacial score (nSPS) is 31.4. The summed E-state index contributed by atoms with van der Waals surface area (Å²) in [5, 5.41) is 3.40. The first kappa shape index (κ1) is 13.0. The Kier molecular flexibility index (Phi) is 4.57. The predicted molar refractivity (Wildman–Crippen MR) is 68.0 cm³/mol. The Labute approximate surface area is 104 Å². The highest BCUT2D eigenvalue weighted by molar-refractivity contribution is 5.85. The van der Waals surface area contributed by atoms with Crippen molar-refractivity contribution >= 4 is 5.78 Å². The molecule has 0 aromatic carbocycles. The van der Waals surface area contributed by atoms with Crippen molar-refractivity contribution in [2.75, 3.05) is 26.3 Å². The molecule has 1 atom stereocenters. The highest BCUT2D eigenvalue weighted by Crippen LogP contribution is 2.34. The minimum Gasteiger partial charge on any atom is -0.381 e. The van der Waals surface area contributed by atoms with Gasteiger partial charge in [0.15, 0.2) is 0 Å². The van der Waals surface area contributed by atoms with E-state index in [-0.39, 0.29) is 5.41 Å². The number of carbonyl (C=O) groups excluding carboxylic acids is 1. The first-order valence-electron chi connectivity index (χ1n) is 7.08. The van der Waals surface area contributed by atoms with Crippen molar-refractivity contribution in [3.05, 3.63) is 0 Å². The fourth-order valence-corrected chi connectivity index (χ4v) is 3.13. The lowest BCUT2D eigenvalue weighted by Gasteiger charge is -2.37. The lowest BCUT2D eigenvalue weighted by molar-refractivity contribution is -0.131. The van der Waals surface area contributed by atoms with Crippen molar-refractivity contribution in [2.45, 2.75) is 45.4 Å². The van der Waals surface area contributed by atoms with Crippen LogP contribution >= 0.6 is 0 Å². The van der Waals surface area contributed by atoms with Crippen LogP contribution in [0.25, 0.3) is 0 Å². The summed E-state index contributed by atoms with van der Waals surface area (Å²) in [6.07, 6.45) is 6.13. The number of piperidine rings is 1. The molecule has 1 N–H and O–H groups in total. The van der Waals surface area contributed by atoms with Crippen LogP contribution in [0, 0.1) is 11.3 Å². The molecule has 0 aromatic heterocycles. The molecule has 2 aliphatic rings. The van der Waals surface area contributed by atoms with Crippen LogP contribution in [0.5, 0.6) is 0 Å². The Hall–Kier alpha value is -0.410. The van der Waals surface area contributed by atoms with Crippen molar-refractivity contribution in [3.63, 3.8) is 0 Å². The molecule has 0 amide bonds. The van der Waals surface area contributed by atoms with Gasteiger partial charge in [-0.15, -0.1) is 0 Å². The molecule has 2 aliphatic heterocycles. The van der Waals surface area contributed by atoms with Crippen LogP contribution in [-0.2, 0) is 9.53 Å². The molecule has 2 heterocycles. The molecule has 98 valence electrons. The monoisotopic (exact) mass is 239 g/mol. The average Bonchev–Trinajstić information content (AvgIpc) is 2.40. The third-order valence-electron chi connectivity index (χ3n) is 4.56. The van der Waals surface area contributed by atoms with Gasteiger partial charge >= 0.3 is 0 Å². The number of ether oxygens (including phenoxy) is 1. The van der Waals surface area contributed by atoms with E-state index >= 15 is 0 Å². The van der Waals surface area contributed by atoms with Gasteiger partial charge in [0.1, 0.15) is 5.78 Å². The van der Waals surface area contributed by atoms with Crippen LogP contribution in [0.2, 0.25) is 0 Å². The zero-order valence-corrected chi connectivity index (χ0v) is 11.0. The van der Waals surface area contributed by atoms with Crippen LogP contribution < -0.4 is 5.32 Å². The second kappa shape index (κ2) is 5.96. The number of hydrogen-bond donors (Lipinski definition) is 1. The van der Waals surface area contributed by atoms with E-state index in [1.54, 1.807) is 0 Å². The molecule has 1 unspecified atom stereocenters. The molecule has 3 nitrogen and oxygen atoms in total. The van der Waals surface area contributed by atoms with Crippen molar-refractivity contribution in [1.29, 1.82) is 0 Å². The SMILES string of the molecule is CCC1(C(=O)CC2CCOCC2)CCCNC1. The van der Waals surface area contributed by atoms with E-state index in [4.69, 9.17) is 4.74 Å². The second-order valence-corrected chi connectivity index (χ2v) is 5.60. The molecule has 2 saturated heterocycles. The molecule has 2 rings (SSSR count). The number of rotatable bonds is 4. The molecule has 0 radical (unpaired) electrons. The van der Waals surface area contributed by atoms with Crippen LogP contribution in [0.1, 0.15) is 45.4 Å². The molecule has 17 heavy (non-hydrogen) atoms. The minimum absolute atomic E-state index is 0.0590. The summed E-state index contributed by atoms with van der Waals surface area (Å²) in [6, 6.07) is 0. The molecule has 3 heteroatoms. The van der Waals surface area contributed by atoms with E-state index in [9.17, 15) is 4.79 Å². The molecule has 2 fully saturated rings. The van der Waals surface area contributed by atoms with Crippen molar-refractivity contribution in [3.8, 4) is 0 Å². The zero-order valence-electron chi connectivity index (χ0n) is 11.0. The van der Waals surface area contributed by atoms with Gasteiger partial charge in [-0.05, 0) is 44.6 Å². The van der Waals surface area contributed by atoms with Gasteiger partial charge in [-0.1, -0.05) is 6.92 Å². The maximum atomic E-state index is 12.5. The van der Waals surface area contributed by atoms with Crippen LogP contribution in [0.15, 0.2) is 0 Å². The Morgan fingerprint density at radius 1 is 1.41 bits per heavy atom. The highest BCUT2D eigenvalue weighted by Gasteiger charge is 2.38. The summed E-state index contributed by atoms with van der Waals surface area (Å²) >= 11 is 0. The molecule has 0 bridgehead atoms. The fourth-order valence-electron chi connectivity index (χ4n) is 3.13. The van der Waals surface area contributed by atoms with Gasteiger partial charge in [-0.3, -0.25) is 4.79 Å². The van der Waals surface area contributed by atoms with Crippen LogP contribution in [-0.4, -0.2) is 32.1 Å². The largest absolute Gasteiger partial charge is 0.381 e. The van der Waals surface area contributed by atoms with Crippen LogP contribution in [0.4, 0.5) is 0 Å². The van der Waals surface area contributed by atoms with E-state index in [0.29, 0.717) is 11.7 Å². The average molecular weight is 239 g/mol. The number of carbonyl (C=O) groups is 1. The van der Waals surface area contributed by atoms with Gasteiger partial charge in [0.2, 0.25) is 0 Å². The molecular formula is C14H25NO2. The molecule has 0 aliphatic carbocycles. The first-order chi connectivity index (χ1) is 8.27. The predicted octanol–water partition coefficient (Wildman–Crippen LogP) is 2.15. The van der Waals surface area contributed by atoms with Gasteiger partial charge < -0.3 is 10.1 Å². The first-order valence-corrected chi connectivity index (χ1v) is 7.08. The third-order valence-corrected chi connectivity index (χ3v) is 4.56. The van der Waals surface area contributed by atoms with E-state index in [1.165, 1.54) is 0 Å². The summed E-state index contributed by atoms with van der Waals surface area (Å²) in [5.41, 5.74) is -0.0590. The fraction of sp³-hybridized carbons (Fsp3) is 0.929. The Balaban J connectivity index is 1.91. The molecule has 0 aromatic rings. The van der Waals surface area contributed by atoms with Crippen molar-refractivity contribution in [2.24, 2.45) is 11.3 Å². The van der Waals surface area contributed by atoms with Gasteiger partial charge in [-0.25, -0.2) is 0 Å². The summed E-state index contributed by atoms with van der Waals surface area (Å²) in [4.78, 5) is 12.5. The summed E-state index contributed by atoms with van der Waals surface area (Å²) in [5.74, 6) is 1.07. The second-order valence-electron chi connectivity index (χ2n) is 5.60. The van der Waals surface area contributed by atoms with Crippen molar-refractivity contribution in [1.82, 2.24) is 5.32 Å². The Bertz CT molecular complexity index is 253. The molecule has 0 saturated carbocycles. The van der Waals surface area contributed by atoms with Crippen LogP contribution in [0.3, 0.4) is 0 Å². The standard InChI is InChI=1S/C14H25NO2/c1-2-14(6-3-7-15-11-14)13(16)10-12-4-8-17-9-5-12/h12,15H,2-11H2,1H3. The lowest BCUT2D eigenvalue weighted by atomic mass is 9.72. The minimum atomic E-state index is -0.0590. The summed E-state index contributed by atoms with van der Waals surface area (Å²) in [6.45, 7) is 5.82. The number of hydrogen-bond acceptors (Lipinski definition) is 3. The summed E-state index contributed by atoms with van der Waals surface area (Å²) < 4.78 is 5.35. The third kappa shape index (κ3) is 3.08. The van der Waals surface area contributed by atoms with E-state index in [2.05, 4.69) is 12.2 Å². The maximum Gasteiger partial charge on any atom is 0.140 e.